The Labute approximate surface area is 194 Å². The Kier molecular flexibility index (Phi) is 4.93. The van der Waals surface area contributed by atoms with Crippen LogP contribution in [0.2, 0.25) is 0 Å². The summed E-state index contributed by atoms with van der Waals surface area (Å²) in [6, 6.07) is 8.48. The molecule has 3 N–H and O–H groups in total. The smallest absolute Gasteiger partial charge is 0.116 e. The summed E-state index contributed by atoms with van der Waals surface area (Å²) < 4.78 is 0. The van der Waals surface area contributed by atoms with Crippen molar-refractivity contribution in [2.75, 3.05) is 6.54 Å². The highest BCUT2D eigenvalue weighted by atomic mass is 32.1. The van der Waals surface area contributed by atoms with Crippen LogP contribution in [-0.4, -0.2) is 36.7 Å². The second kappa shape index (κ2) is 8.23. The average Bonchev–Trinajstić information content (AvgIpc) is 3.61. The fourth-order valence-corrected chi connectivity index (χ4v) is 4.76. The molecule has 6 heterocycles. The van der Waals surface area contributed by atoms with Gasteiger partial charge in [0, 0.05) is 47.0 Å². The van der Waals surface area contributed by atoms with Gasteiger partial charge in [-0.05, 0) is 52.7 Å². The van der Waals surface area contributed by atoms with Crippen LogP contribution in [0.15, 0.2) is 66.0 Å². The third-order valence-electron chi connectivity index (χ3n) is 5.75. The van der Waals surface area contributed by atoms with Gasteiger partial charge >= 0.3 is 0 Å². The molecule has 0 bridgehead atoms. The monoisotopic (exact) mass is 451 g/mol. The minimum atomic E-state index is 0.784. The van der Waals surface area contributed by atoms with E-state index in [9.17, 15) is 0 Å². The molecule has 162 valence electrons. The van der Waals surface area contributed by atoms with Crippen LogP contribution in [-0.2, 0) is 6.54 Å². The molecule has 0 fully saturated rings. The first-order valence-corrected chi connectivity index (χ1v) is 11.7. The van der Waals surface area contributed by atoms with Crippen molar-refractivity contribution in [3.8, 4) is 33.8 Å². The van der Waals surface area contributed by atoms with E-state index in [1.54, 1.807) is 11.3 Å². The molecule has 6 rings (SSSR count). The molecule has 6 aromatic rings. The maximum absolute atomic E-state index is 4.65. The molecule has 6 aromatic heterocycles. The van der Waals surface area contributed by atoms with E-state index in [-0.39, 0.29) is 0 Å². The zero-order valence-electron chi connectivity index (χ0n) is 18.0. The minimum absolute atomic E-state index is 0.784. The van der Waals surface area contributed by atoms with Gasteiger partial charge in [-0.2, -0.15) is 16.4 Å². The highest BCUT2D eigenvalue weighted by molar-refractivity contribution is 7.08. The number of thiophene rings is 1. The molecule has 0 aromatic carbocycles. The maximum Gasteiger partial charge on any atom is 0.116 e. The number of hydrogen-bond donors (Lipinski definition) is 3. The Bertz CT molecular complexity index is 1560. The predicted molar refractivity (Wildman–Crippen MR) is 133 cm³/mol. The van der Waals surface area contributed by atoms with Crippen LogP contribution < -0.4 is 5.32 Å². The van der Waals surface area contributed by atoms with Gasteiger partial charge in [0.2, 0.25) is 0 Å². The van der Waals surface area contributed by atoms with Gasteiger partial charge in [-0.15, -0.1) is 0 Å². The van der Waals surface area contributed by atoms with E-state index in [0.29, 0.717) is 0 Å². The van der Waals surface area contributed by atoms with Crippen molar-refractivity contribution in [3.05, 3.63) is 71.6 Å². The van der Waals surface area contributed by atoms with E-state index < -0.39 is 0 Å². The van der Waals surface area contributed by atoms with Crippen molar-refractivity contribution in [2.24, 2.45) is 0 Å². The number of H-pyrrole nitrogens is 2. The van der Waals surface area contributed by atoms with Crippen LogP contribution in [0.5, 0.6) is 0 Å². The van der Waals surface area contributed by atoms with E-state index in [0.717, 1.165) is 68.7 Å². The summed E-state index contributed by atoms with van der Waals surface area (Å²) in [5, 5.41) is 17.4. The quantitative estimate of drug-likeness (QED) is 0.315. The lowest BCUT2D eigenvalue weighted by molar-refractivity contribution is 0.724. The highest BCUT2D eigenvalue weighted by Gasteiger charge is 2.15. The van der Waals surface area contributed by atoms with Gasteiger partial charge in [0.25, 0.3) is 0 Å². The van der Waals surface area contributed by atoms with E-state index in [4.69, 9.17) is 0 Å². The second-order valence-corrected chi connectivity index (χ2v) is 8.67. The second-order valence-electron chi connectivity index (χ2n) is 7.89. The predicted octanol–water partition coefficient (Wildman–Crippen LogP) is 5.40. The van der Waals surface area contributed by atoms with Crippen LogP contribution in [0.3, 0.4) is 0 Å². The van der Waals surface area contributed by atoms with Crippen molar-refractivity contribution in [3.63, 3.8) is 0 Å². The lowest BCUT2D eigenvalue weighted by atomic mass is 10.1. The van der Waals surface area contributed by atoms with Gasteiger partial charge in [0.05, 0.1) is 34.8 Å². The standard InChI is InChI=1S/C25H21N7S/c1-2-26-8-15-5-17(10-27-9-15)21-7-19-24(13-29-21)31-32-25(19)22-6-18-20(16-3-4-33-14-16)11-28-12-23(18)30-22/h3-7,9-14,26,30H,2,8H2,1H3,(H,31,32). The summed E-state index contributed by atoms with van der Waals surface area (Å²) in [5.41, 5.74) is 8.95. The van der Waals surface area contributed by atoms with E-state index in [1.807, 2.05) is 31.0 Å². The topological polar surface area (TPSA) is 95.2 Å². The molecule has 0 amide bonds. The molecule has 8 heteroatoms. The fourth-order valence-electron chi connectivity index (χ4n) is 4.10. The molecule has 0 saturated heterocycles. The molecule has 0 saturated carbocycles. The highest BCUT2D eigenvalue weighted by Crippen LogP contribution is 2.34. The number of fused-ring (bicyclic) bond motifs is 2. The third-order valence-corrected chi connectivity index (χ3v) is 6.43. The Morgan fingerprint density at radius 2 is 1.88 bits per heavy atom. The molecular weight excluding hydrogens is 430 g/mol. The van der Waals surface area contributed by atoms with Crippen LogP contribution in [0.1, 0.15) is 12.5 Å². The number of pyridine rings is 3. The van der Waals surface area contributed by atoms with E-state index >= 15 is 0 Å². The third kappa shape index (κ3) is 3.59. The van der Waals surface area contributed by atoms with Gasteiger partial charge < -0.3 is 10.3 Å². The number of nitrogens with one attached hydrogen (secondary N) is 3. The normalized spacial score (nSPS) is 11.5. The average molecular weight is 452 g/mol. The molecule has 0 aliphatic heterocycles. The first-order chi connectivity index (χ1) is 16.3. The molecule has 0 radical (unpaired) electrons. The van der Waals surface area contributed by atoms with Crippen LogP contribution in [0.4, 0.5) is 0 Å². The Morgan fingerprint density at radius 3 is 2.76 bits per heavy atom. The summed E-state index contributed by atoms with van der Waals surface area (Å²) in [5.74, 6) is 0. The molecule has 0 unspecified atom stereocenters. The van der Waals surface area contributed by atoms with Crippen molar-refractivity contribution < 1.29 is 0 Å². The zero-order valence-corrected chi connectivity index (χ0v) is 18.8. The Morgan fingerprint density at radius 1 is 0.939 bits per heavy atom. The Hall–Kier alpha value is -3.88. The van der Waals surface area contributed by atoms with Gasteiger partial charge in [-0.1, -0.05) is 6.92 Å². The van der Waals surface area contributed by atoms with Gasteiger partial charge in [0.1, 0.15) is 5.69 Å². The summed E-state index contributed by atoms with van der Waals surface area (Å²) in [4.78, 5) is 17.0. The van der Waals surface area contributed by atoms with E-state index in [1.165, 1.54) is 5.56 Å². The first kappa shape index (κ1) is 19.8. The lowest BCUT2D eigenvalue weighted by Crippen LogP contribution is -2.11. The molecule has 0 aliphatic carbocycles. The van der Waals surface area contributed by atoms with Crippen LogP contribution in [0, 0.1) is 0 Å². The molecule has 0 spiro atoms. The van der Waals surface area contributed by atoms with Crippen molar-refractivity contribution in [1.82, 2.24) is 35.5 Å². The van der Waals surface area contributed by atoms with Crippen molar-refractivity contribution in [1.29, 1.82) is 0 Å². The maximum atomic E-state index is 4.65. The van der Waals surface area contributed by atoms with Crippen LogP contribution in [0.25, 0.3) is 55.6 Å². The SMILES string of the molecule is CCNCc1cncc(-c2cc3c(-c4cc5c(-c6ccsc6)cncc5[nH]4)n[nH]c3cn2)c1. The fraction of sp³-hybridized carbons (Fsp3) is 0.120. The Balaban J connectivity index is 1.44. The van der Waals surface area contributed by atoms with Gasteiger partial charge in [0.15, 0.2) is 0 Å². The first-order valence-electron chi connectivity index (χ1n) is 10.8. The van der Waals surface area contributed by atoms with Gasteiger partial charge in [-0.25, -0.2) is 0 Å². The van der Waals surface area contributed by atoms with E-state index in [2.05, 4.69) is 77.4 Å². The number of aromatic nitrogens is 6. The van der Waals surface area contributed by atoms with Gasteiger partial charge in [-0.3, -0.25) is 20.1 Å². The minimum Gasteiger partial charge on any atom is -0.352 e. The summed E-state index contributed by atoms with van der Waals surface area (Å²) >= 11 is 1.68. The summed E-state index contributed by atoms with van der Waals surface area (Å²) in [7, 11) is 0. The number of nitrogens with zero attached hydrogens (tertiary/aromatic N) is 4. The van der Waals surface area contributed by atoms with Crippen molar-refractivity contribution >= 4 is 33.1 Å². The zero-order chi connectivity index (χ0) is 22.2. The van der Waals surface area contributed by atoms with Crippen molar-refractivity contribution in [2.45, 2.75) is 13.5 Å². The molecule has 0 atom stereocenters. The molecular formula is C25H21N7S. The summed E-state index contributed by atoms with van der Waals surface area (Å²) in [6.07, 6.45) is 9.35. The molecule has 33 heavy (non-hydrogen) atoms. The van der Waals surface area contributed by atoms with Crippen LogP contribution >= 0.6 is 11.3 Å². The lowest BCUT2D eigenvalue weighted by Gasteiger charge is -2.05. The molecule has 7 nitrogen and oxygen atoms in total. The summed E-state index contributed by atoms with van der Waals surface area (Å²) in [6.45, 7) is 3.80. The number of aromatic amines is 2. The molecule has 0 aliphatic rings. The number of hydrogen-bond acceptors (Lipinski definition) is 6. The largest absolute Gasteiger partial charge is 0.352 e. The number of rotatable bonds is 6.